The van der Waals surface area contributed by atoms with Crippen LogP contribution >= 0.6 is 0 Å². The van der Waals surface area contributed by atoms with Crippen molar-refractivity contribution in [2.24, 2.45) is 0 Å². The summed E-state index contributed by atoms with van der Waals surface area (Å²) in [6.45, 7) is 2.15. The van der Waals surface area contributed by atoms with E-state index in [4.69, 9.17) is 4.74 Å². The van der Waals surface area contributed by atoms with Crippen LogP contribution < -0.4 is 10.1 Å². The van der Waals surface area contributed by atoms with E-state index in [1.165, 1.54) is 0 Å². The van der Waals surface area contributed by atoms with Gasteiger partial charge in [0, 0.05) is 20.0 Å². The zero-order valence-electron chi connectivity index (χ0n) is 18.0. The maximum absolute atomic E-state index is 13.3. The molecule has 2 amide bonds. The van der Waals surface area contributed by atoms with Gasteiger partial charge in [-0.15, -0.1) is 0 Å². The minimum atomic E-state index is -0.652. The lowest BCUT2D eigenvalue weighted by atomic mass is 10.0. The molecule has 0 aromatic heterocycles. The summed E-state index contributed by atoms with van der Waals surface area (Å²) in [6.07, 6.45) is 0.420. The summed E-state index contributed by atoms with van der Waals surface area (Å²) in [5.41, 5.74) is 2.99. The van der Waals surface area contributed by atoms with Gasteiger partial charge in [-0.25, -0.2) is 0 Å². The molecule has 0 aliphatic carbocycles. The molecule has 3 aromatic carbocycles. The largest absolute Gasteiger partial charge is 0.484 e. The van der Waals surface area contributed by atoms with Gasteiger partial charge in [0.2, 0.25) is 5.91 Å². The third kappa shape index (κ3) is 6.44. The lowest BCUT2D eigenvalue weighted by molar-refractivity contribution is -0.142. The first-order valence-electron chi connectivity index (χ1n) is 10.3. The predicted octanol–water partition coefficient (Wildman–Crippen LogP) is 3.76. The zero-order chi connectivity index (χ0) is 22.1. The van der Waals surface area contributed by atoms with E-state index in [0.29, 0.717) is 18.7 Å². The lowest BCUT2D eigenvalue weighted by Gasteiger charge is -2.31. The van der Waals surface area contributed by atoms with Crippen molar-refractivity contribution in [2.75, 3.05) is 13.7 Å². The van der Waals surface area contributed by atoms with Crippen molar-refractivity contribution in [3.8, 4) is 5.75 Å². The molecule has 0 unspecified atom stereocenters. The van der Waals surface area contributed by atoms with Crippen LogP contribution in [-0.2, 0) is 22.6 Å². The highest BCUT2D eigenvalue weighted by Gasteiger charge is 2.30. The van der Waals surface area contributed by atoms with Crippen LogP contribution in [0.15, 0.2) is 84.9 Å². The van der Waals surface area contributed by atoms with E-state index in [-0.39, 0.29) is 18.4 Å². The van der Waals surface area contributed by atoms with E-state index in [0.717, 1.165) is 16.7 Å². The first-order valence-corrected chi connectivity index (χ1v) is 10.3. The highest BCUT2D eigenvalue weighted by Crippen LogP contribution is 2.16. The van der Waals surface area contributed by atoms with Gasteiger partial charge in [-0.2, -0.15) is 0 Å². The summed E-state index contributed by atoms with van der Waals surface area (Å²) in [6, 6.07) is 26.3. The van der Waals surface area contributed by atoms with E-state index in [1.54, 1.807) is 11.9 Å². The van der Waals surface area contributed by atoms with Crippen LogP contribution in [0.1, 0.15) is 16.7 Å². The molecule has 0 fully saturated rings. The molecule has 0 heterocycles. The molecule has 1 N–H and O–H groups in total. The summed E-state index contributed by atoms with van der Waals surface area (Å²) in [5.74, 6) is 0.186. The van der Waals surface area contributed by atoms with Gasteiger partial charge in [0.1, 0.15) is 11.8 Å². The molecule has 0 radical (unpaired) electrons. The van der Waals surface area contributed by atoms with E-state index in [9.17, 15) is 9.59 Å². The number of carbonyl (C=O) groups is 2. The number of nitrogens with zero attached hydrogens (tertiary/aromatic N) is 1. The molecular weight excluding hydrogens is 388 g/mol. The number of aryl methyl sites for hydroxylation is 1. The van der Waals surface area contributed by atoms with Crippen LogP contribution in [0.25, 0.3) is 0 Å². The van der Waals surface area contributed by atoms with Crippen LogP contribution in [0.4, 0.5) is 0 Å². The van der Waals surface area contributed by atoms with Gasteiger partial charge in [0.25, 0.3) is 5.91 Å². The van der Waals surface area contributed by atoms with Gasteiger partial charge >= 0.3 is 0 Å². The lowest BCUT2D eigenvalue weighted by Crippen LogP contribution is -2.51. The molecule has 5 nitrogen and oxygen atoms in total. The minimum Gasteiger partial charge on any atom is -0.484 e. The van der Waals surface area contributed by atoms with Gasteiger partial charge in [0.15, 0.2) is 6.61 Å². The standard InChI is InChI=1S/C26H28N2O3/c1-20-10-9-15-23(16-20)31-19-25(29)28(18-22-13-7-4-8-14-22)24(26(30)27-2)17-21-11-5-3-6-12-21/h3-16,24H,17-19H2,1-2H3,(H,27,30)/t24-/m0/s1. The normalized spacial score (nSPS) is 11.4. The van der Waals surface area contributed by atoms with Crippen molar-refractivity contribution in [2.45, 2.75) is 25.9 Å². The Morgan fingerprint density at radius 1 is 0.903 bits per heavy atom. The number of ether oxygens (including phenoxy) is 1. The van der Waals surface area contributed by atoms with Crippen LogP contribution in [0.2, 0.25) is 0 Å². The van der Waals surface area contributed by atoms with Gasteiger partial charge in [-0.1, -0.05) is 72.8 Å². The maximum atomic E-state index is 13.3. The summed E-state index contributed by atoms with van der Waals surface area (Å²) in [7, 11) is 1.59. The molecule has 0 bridgehead atoms. The fourth-order valence-corrected chi connectivity index (χ4v) is 3.43. The number of likely N-dealkylation sites (N-methyl/N-ethyl adjacent to an activating group) is 1. The molecule has 0 saturated heterocycles. The molecule has 0 aliphatic heterocycles. The number of hydrogen-bond acceptors (Lipinski definition) is 3. The average Bonchev–Trinajstić information content (AvgIpc) is 2.80. The van der Waals surface area contributed by atoms with Gasteiger partial charge < -0.3 is 15.0 Å². The maximum Gasteiger partial charge on any atom is 0.261 e. The second-order valence-electron chi connectivity index (χ2n) is 7.43. The molecule has 0 spiro atoms. The second kappa shape index (κ2) is 11.0. The molecule has 5 heteroatoms. The Balaban J connectivity index is 1.84. The number of carbonyl (C=O) groups excluding carboxylic acids is 2. The Bertz CT molecular complexity index is 990. The monoisotopic (exact) mass is 416 g/mol. The third-order valence-corrected chi connectivity index (χ3v) is 5.07. The highest BCUT2D eigenvalue weighted by atomic mass is 16.5. The number of benzene rings is 3. The van der Waals surface area contributed by atoms with Gasteiger partial charge in [-0.3, -0.25) is 9.59 Å². The Morgan fingerprint density at radius 2 is 1.55 bits per heavy atom. The van der Waals surface area contributed by atoms with Crippen molar-refractivity contribution < 1.29 is 14.3 Å². The first kappa shape index (κ1) is 22.1. The van der Waals surface area contributed by atoms with Crippen LogP contribution in [0.5, 0.6) is 5.75 Å². The summed E-state index contributed by atoms with van der Waals surface area (Å²) in [4.78, 5) is 27.7. The Morgan fingerprint density at radius 3 is 2.16 bits per heavy atom. The van der Waals surface area contributed by atoms with E-state index < -0.39 is 6.04 Å². The molecular formula is C26H28N2O3. The topological polar surface area (TPSA) is 58.6 Å². The average molecular weight is 417 g/mol. The molecule has 160 valence electrons. The highest BCUT2D eigenvalue weighted by molar-refractivity contribution is 5.88. The second-order valence-corrected chi connectivity index (χ2v) is 7.43. The molecule has 31 heavy (non-hydrogen) atoms. The van der Waals surface area contributed by atoms with Crippen molar-refractivity contribution >= 4 is 11.8 Å². The third-order valence-electron chi connectivity index (χ3n) is 5.07. The summed E-state index contributed by atoms with van der Waals surface area (Å²) >= 11 is 0. The smallest absolute Gasteiger partial charge is 0.261 e. The molecule has 1 atom stereocenters. The van der Waals surface area contributed by atoms with Gasteiger partial charge in [-0.05, 0) is 35.7 Å². The quantitative estimate of drug-likeness (QED) is 0.578. The molecule has 3 aromatic rings. The fraction of sp³-hybridized carbons (Fsp3) is 0.231. The number of rotatable bonds is 9. The number of hydrogen-bond donors (Lipinski definition) is 1. The van der Waals surface area contributed by atoms with Crippen LogP contribution in [0.3, 0.4) is 0 Å². The first-order chi connectivity index (χ1) is 15.1. The summed E-state index contributed by atoms with van der Waals surface area (Å²) < 4.78 is 5.76. The van der Waals surface area contributed by atoms with Crippen molar-refractivity contribution in [1.82, 2.24) is 10.2 Å². The Hall–Kier alpha value is -3.60. The van der Waals surface area contributed by atoms with Crippen molar-refractivity contribution in [1.29, 1.82) is 0 Å². The Kier molecular flexibility index (Phi) is 7.82. The minimum absolute atomic E-state index is 0.140. The molecule has 0 saturated carbocycles. The molecule has 0 aliphatic rings. The predicted molar refractivity (Wildman–Crippen MR) is 122 cm³/mol. The molecule has 3 rings (SSSR count). The van der Waals surface area contributed by atoms with Crippen molar-refractivity contribution in [3.63, 3.8) is 0 Å². The zero-order valence-corrected chi connectivity index (χ0v) is 18.0. The van der Waals surface area contributed by atoms with Crippen LogP contribution in [0, 0.1) is 6.92 Å². The number of amides is 2. The van der Waals surface area contributed by atoms with Crippen LogP contribution in [-0.4, -0.2) is 36.4 Å². The fourth-order valence-electron chi connectivity index (χ4n) is 3.43. The van der Waals surface area contributed by atoms with E-state index >= 15 is 0 Å². The van der Waals surface area contributed by atoms with Gasteiger partial charge in [0.05, 0.1) is 0 Å². The SMILES string of the molecule is CNC(=O)[C@H](Cc1ccccc1)N(Cc1ccccc1)C(=O)COc1cccc(C)c1. The Labute approximate surface area is 183 Å². The van der Waals surface area contributed by atoms with E-state index in [2.05, 4.69) is 5.32 Å². The number of nitrogens with one attached hydrogen (secondary N) is 1. The van der Waals surface area contributed by atoms with E-state index in [1.807, 2.05) is 91.9 Å². The summed E-state index contributed by atoms with van der Waals surface area (Å²) in [5, 5.41) is 2.71. The van der Waals surface area contributed by atoms with Crippen molar-refractivity contribution in [3.05, 3.63) is 102 Å².